The molecule has 0 atom stereocenters. The molecule has 0 unspecified atom stereocenters. The van der Waals surface area contributed by atoms with Gasteiger partial charge in [-0.05, 0) is 44.3 Å². The lowest BCUT2D eigenvalue weighted by Gasteiger charge is -2.38. The van der Waals surface area contributed by atoms with Crippen LogP contribution in [0.2, 0.25) is 0 Å². The standard InChI is InChI=1S/C21H40N4O2S.HI/c1-5-17(6-2)19(26)25-12-8-18(9-13-25)24-20(22-4)23-16-21(28-7-3)10-14-27-15-11-21;/h17-18H,5-16H2,1-4H3,(H2,22,23,24);1H. The Morgan fingerprint density at radius 1 is 1.21 bits per heavy atom. The second kappa shape index (κ2) is 14.0. The molecule has 1 amide bonds. The van der Waals surface area contributed by atoms with Gasteiger partial charge in [-0.1, -0.05) is 20.8 Å². The van der Waals surface area contributed by atoms with Crippen LogP contribution in [0.4, 0.5) is 0 Å². The summed E-state index contributed by atoms with van der Waals surface area (Å²) in [7, 11) is 1.84. The normalized spacial score (nSPS) is 20.3. The minimum atomic E-state index is 0. The monoisotopic (exact) mass is 540 g/mol. The molecular weight excluding hydrogens is 499 g/mol. The lowest BCUT2D eigenvalue weighted by molar-refractivity contribution is -0.136. The zero-order chi connectivity index (χ0) is 20.4. The maximum absolute atomic E-state index is 12.6. The van der Waals surface area contributed by atoms with E-state index < -0.39 is 0 Å². The highest BCUT2D eigenvalue weighted by molar-refractivity contribution is 14.0. The first-order valence-electron chi connectivity index (χ1n) is 11.0. The number of aliphatic imine (C=N–C) groups is 1. The fourth-order valence-electron chi connectivity index (χ4n) is 4.19. The summed E-state index contributed by atoms with van der Waals surface area (Å²) >= 11 is 2.04. The molecule has 2 saturated heterocycles. The van der Waals surface area contributed by atoms with Gasteiger partial charge >= 0.3 is 0 Å². The van der Waals surface area contributed by atoms with Crippen LogP contribution >= 0.6 is 35.7 Å². The fraction of sp³-hybridized carbons (Fsp3) is 0.905. The Balaban J connectivity index is 0.00000420. The third kappa shape index (κ3) is 8.09. The van der Waals surface area contributed by atoms with Gasteiger partial charge in [0, 0.05) is 56.6 Å². The molecule has 2 rings (SSSR count). The lowest BCUT2D eigenvalue weighted by Crippen LogP contribution is -2.53. The van der Waals surface area contributed by atoms with E-state index in [-0.39, 0.29) is 34.6 Å². The number of hydrogen-bond acceptors (Lipinski definition) is 4. The van der Waals surface area contributed by atoms with Gasteiger partial charge in [0.1, 0.15) is 0 Å². The Labute approximate surface area is 198 Å². The number of amides is 1. The number of rotatable bonds is 8. The van der Waals surface area contributed by atoms with Crippen molar-refractivity contribution in [3.05, 3.63) is 0 Å². The highest BCUT2D eigenvalue weighted by Gasteiger charge is 2.33. The SMILES string of the molecule is CCSC1(CNC(=NC)NC2CCN(C(=O)C(CC)CC)CC2)CCOCC1.I. The van der Waals surface area contributed by atoms with Crippen LogP contribution in [0.1, 0.15) is 59.3 Å². The van der Waals surface area contributed by atoms with E-state index in [1.165, 1.54) is 0 Å². The van der Waals surface area contributed by atoms with E-state index in [1.807, 2.05) is 18.8 Å². The minimum absolute atomic E-state index is 0. The predicted octanol–water partition coefficient (Wildman–Crippen LogP) is 3.50. The van der Waals surface area contributed by atoms with E-state index >= 15 is 0 Å². The maximum Gasteiger partial charge on any atom is 0.225 e. The van der Waals surface area contributed by atoms with Crippen molar-refractivity contribution in [1.29, 1.82) is 0 Å². The molecule has 8 heteroatoms. The number of carbonyl (C=O) groups is 1. The number of ether oxygens (including phenoxy) is 1. The summed E-state index contributed by atoms with van der Waals surface area (Å²) in [5.41, 5.74) is 0. The van der Waals surface area contributed by atoms with Crippen molar-refractivity contribution in [2.75, 3.05) is 45.6 Å². The molecule has 29 heavy (non-hydrogen) atoms. The van der Waals surface area contributed by atoms with E-state index in [1.54, 1.807) is 0 Å². The van der Waals surface area contributed by atoms with Crippen LogP contribution in [0.15, 0.2) is 4.99 Å². The first kappa shape index (κ1) is 26.8. The van der Waals surface area contributed by atoms with E-state index in [9.17, 15) is 4.79 Å². The Bertz CT molecular complexity index is 497. The average Bonchev–Trinajstić information content (AvgIpc) is 2.73. The second-order valence-corrected chi connectivity index (χ2v) is 9.64. The van der Waals surface area contributed by atoms with E-state index in [4.69, 9.17) is 4.74 Å². The summed E-state index contributed by atoms with van der Waals surface area (Å²) in [6, 6.07) is 0.376. The molecular formula is C21H41IN4O2S. The van der Waals surface area contributed by atoms with Crippen LogP contribution in [0.3, 0.4) is 0 Å². The van der Waals surface area contributed by atoms with Gasteiger partial charge in [-0.3, -0.25) is 9.79 Å². The molecule has 2 aliphatic rings. The topological polar surface area (TPSA) is 66.0 Å². The molecule has 0 aromatic rings. The number of thioether (sulfide) groups is 1. The van der Waals surface area contributed by atoms with Crippen molar-refractivity contribution >= 4 is 47.6 Å². The number of guanidine groups is 1. The molecule has 0 aromatic heterocycles. The quantitative estimate of drug-likeness (QED) is 0.280. The molecule has 2 fully saturated rings. The van der Waals surface area contributed by atoms with E-state index in [2.05, 4.69) is 41.3 Å². The molecule has 2 aliphatic heterocycles. The zero-order valence-electron chi connectivity index (χ0n) is 18.7. The zero-order valence-corrected chi connectivity index (χ0v) is 21.8. The molecule has 0 spiro atoms. The van der Waals surface area contributed by atoms with Crippen molar-refractivity contribution in [2.24, 2.45) is 10.9 Å². The van der Waals surface area contributed by atoms with Gasteiger partial charge in [-0.25, -0.2) is 0 Å². The van der Waals surface area contributed by atoms with Gasteiger partial charge in [0.15, 0.2) is 5.96 Å². The molecule has 2 heterocycles. The highest BCUT2D eigenvalue weighted by Crippen LogP contribution is 2.34. The smallest absolute Gasteiger partial charge is 0.225 e. The third-order valence-corrected chi connectivity index (χ3v) is 7.59. The Kier molecular flexibility index (Phi) is 12.9. The lowest BCUT2D eigenvalue weighted by atomic mass is 9.98. The largest absolute Gasteiger partial charge is 0.381 e. The summed E-state index contributed by atoms with van der Waals surface area (Å²) in [4.78, 5) is 19.1. The van der Waals surface area contributed by atoms with Crippen LogP contribution in [0.5, 0.6) is 0 Å². The molecule has 6 nitrogen and oxygen atoms in total. The third-order valence-electron chi connectivity index (χ3n) is 6.14. The first-order valence-corrected chi connectivity index (χ1v) is 12.0. The summed E-state index contributed by atoms with van der Waals surface area (Å²) in [6.45, 7) is 10.8. The fourth-order valence-corrected chi connectivity index (χ4v) is 5.44. The molecule has 0 bridgehead atoms. The summed E-state index contributed by atoms with van der Waals surface area (Å²) in [5, 5.41) is 7.15. The van der Waals surface area contributed by atoms with Crippen molar-refractivity contribution in [2.45, 2.75) is 70.1 Å². The number of halogens is 1. The van der Waals surface area contributed by atoms with Crippen molar-refractivity contribution in [1.82, 2.24) is 15.5 Å². The maximum atomic E-state index is 12.6. The summed E-state index contributed by atoms with van der Waals surface area (Å²) in [5.74, 6) is 2.53. The minimum Gasteiger partial charge on any atom is -0.381 e. The summed E-state index contributed by atoms with van der Waals surface area (Å²) < 4.78 is 5.81. The Morgan fingerprint density at radius 3 is 2.34 bits per heavy atom. The van der Waals surface area contributed by atoms with Crippen molar-refractivity contribution in [3.63, 3.8) is 0 Å². The van der Waals surface area contributed by atoms with Gasteiger partial charge in [-0.2, -0.15) is 11.8 Å². The van der Waals surface area contributed by atoms with Gasteiger partial charge in [-0.15, -0.1) is 24.0 Å². The van der Waals surface area contributed by atoms with E-state index in [0.717, 1.165) is 83.1 Å². The van der Waals surface area contributed by atoms with Gasteiger partial charge in [0.2, 0.25) is 5.91 Å². The van der Waals surface area contributed by atoms with Crippen molar-refractivity contribution < 1.29 is 9.53 Å². The first-order chi connectivity index (χ1) is 13.6. The van der Waals surface area contributed by atoms with Gasteiger partial charge < -0.3 is 20.3 Å². The average molecular weight is 541 g/mol. The van der Waals surface area contributed by atoms with Crippen molar-refractivity contribution in [3.8, 4) is 0 Å². The number of nitrogens with one attached hydrogen (secondary N) is 2. The molecule has 0 aliphatic carbocycles. The van der Waals surface area contributed by atoms with Crippen LogP contribution in [-0.2, 0) is 9.53 Å². The molecule has 0 radical (unpaired) electrons. The van der Waals surface area contributed by atoms with Crippen LogP contribution in [-0.4, -0.2) is 73.2 Å². The Morgan fingerprint density at radius 2 is 1.83 bits per heavy atom. The van der Waals surface area contributed by atoms with Crippen LogP contribution in [0.25, 0.3) is 0 Å². The van der Waals surface area contributed by atoms with E-state index in [0.29, 0.717) is 11.9 Å². The predicted molar refractivity (Wildman–Crippen MR) is 135 cm³/mol. The van der Waals surface area contributed by atoms with Crippen LogP contribution in [0, 0.1) is 5.92 Å². The second-order valence-electron chi connectivity index (χ2n) is 7.91. The Hall–Kier alpha value is -0.220. The number of carbonyl (C=O) groups excluding carboxylic acids is 1. The number of nitrogens with zero attached hydrogens (tertiary/aromatic N) is 2. The molecule has 0 aromatic carbocycles. The molecule has 2 N–H and O–H groups in total. The van der Waals surface area contributed by atoms with Gasteiger partial charge in [0.25, 0.3) is 0 Å². The van der Waals surface area contributed by atoms with Crippen LogP contribution < -0.4 is 10.6 Å². The highest BCUT2D eigenvalue weighted by atomic mass is 127. The molecule has 170 valence electrons. The number of piperidine rings is 1. The summed E-state index contributed by atoms with van der Waals surface area (Å²) in [6.07, 6.45) is 6.02. The number of likely N-dealkylation sites (tertiary alicyclic amines) is 1. The number of hydrogen-bond donors (Lipinski definition) is 2. The van der Waals surface area contributed by atoms with Gasteiger partial charge in [0.05, 0.1) is 0 Å². The molecule has 0 saturated carbocycles.